The first-order chi connectivity index (χ1) is 18.3. The van der Waals surface area contributed by atoms with E-state index in [-0.39, 0.29) is 35.0 Å². The molecule has 192 valence electrons. The van der Waals surface area contributed by atoms with Gasteiger partial charge in [0.2, 0.25) is 0 Å². The summed E-state index contributed by atoms with van der Waals surface area (Å²) in [5, 5.41) is 3.68. The summed E-state index contributed by atoms with van der Waals surface area (Å²) in [5.74, 6) is -1.10. The van der Waals surface area contributed by atoms with Gasteiger partial charge in [-0.15, -0.1) is 0 Å². The van der Waals surface area contributed by atoms with Gasteiger partial charge in [-0.1, -0.05) is 11.6 Å². The van der Waals surface area contributed by atoms with Gasteiger partial charge >= 0.3 is 0 Å². The number of sulfone groups is 1. The van der Waals surface area contributed by atoms with E-state index in [0.29, 0.717) is 18.5 Å². The molecule has 1 fully saturated rings. The van der Waals surface area contributed by atoms with E-state index in [2.05, 4.69) is 10.1 Å². The van der Waals surface area contributed by atoms with E-state index in [4.69, 9.17) is 0 Å². The normalized spacial score (nSPS) is 20.8. The molecule has 0 N–H and O–H groups in total. The van der Waals surface area contributed by atoms with Crippen LogP contribution >= 0.6 is 0 Å². The number of pyridine rings is 1. The van der Waals surface area contributed by atoms with Crippen molar-refractivity contribution in [2.45, 2.75) is 35.8 Å². The van der Waals surface area contributed by atoms with Crippen molar-refractivity contribution < 1.29 is 22.0 Å². The van der Waals surface area contributed by atoms with Crippen molar-refractivity contribution >= 4 is 21.7 Å². The van der Waals surface area contributed by atoms with Gasteiger partial charge in [-0.25, -0.2) is 21.9 Å². The maximum absolute atomic E-state index is 14.1. The van der Waals surface area contributed by atoms with Gasteiger partial charge in [0, 0.05) is 6.20 Å². The molecule has 6 nitrogen and oxygen atoms in total. The van der Waals surface area contributed by atoms with Crippen LogP contribution in [0.2, 0.25) is 0 Å². The first-order valence-corrected chi connectivity index (χ1v) is 13.8. The zero-order valence-corrected chi connectivity index (χ0v) is 21.0. The van der Waals surface area contributed by atoms with Gasteiger partial charge < -0.3 is 0 Å². The zero-order chi connectivity index (χ0) is 26.5. The van der Waals surface area contributed by atoms with E-state index in [1.807, 2.05) is 6.08 Å². The number of hydrogen-bond donors (Lipinski definition) is 0. The van der Waals surface area contributed by atoms with Gasteiger partial charge in [0.1, 0.15) is 17.3 Å². The molecule has 2 heterocycles. The zero-order valence-electron chi connectivity index (χ0n) is 20.2. The van der Waals surface area contributed by atoms with E-state index in [9.17, 15) is 22.0 Å². The van der Waals surface area contributed by atoms with Gasteiger partial charge in [0.25, 0.3) is 0 Å². The predicted molar refractivity (Wildman–Crippen MR) is 137 cm³/mol. The Hall–Kier alpha value is -3.98. The second kappa shape index (κ2) is 9.09. The highest BCUT2D eigenvalue weighted by Gasteiger charge is 2.52. The van der Waals surface area contributed by atoms with E-state index >= 15 is 0 Å². The van der Waals surface area contributed by atoms with E-state index in [1.165, 1.54) is 24.3 Å². The minimum absolute atomic E-state index is 0.0393. The van der Waals surface area contributed by atoms with Crippen LogP contribution in [0.1, 0.15) is 41.0 Å². The minimum atomic E-state index is -3.83. The lowest BCUT2D eigenvalue weighted by atomic mass is 9.61. The second-order valence-corrected chi connectivity index (χ2v) is 12.0. The molecular weight excluding hydrogens is 508 g/mol. The Morgan fingerprint density at radius 1 is 0.974 bits per heavy atom. The number of Topliss-reactive ketones (excluding diaryl/α,β-unsaturated/α-hetero) is 1. The first-order valence-electron chi connectivity index (χ1n) is 12.3. The predicted octanol–water partition coefficient (Wildman–Crippen LogP) is 5.38. The van der Waals surface area contributed by atoms with Crippen molar-refractivity contribution in [3.05, 3.63) is 113 Å². The summed E-state index contributed by atoms with van der Waals surface area (Å²) in [5.41, 5.74) is 2.25. The fourth-order valence-electron chi connectivity index (χ4n) is 5.68. The highest BCUT2D eigenvalue weighted by atomic mass is 32.2. The third-order valence-corrected chi connectivity index (χ3v) is 9.81. The second-order valence-electron chi connectivity index (χ2n) is 9.78. The minimum Gasteiger partial charge on any atom is -0.291 e. The largest absolute Gasteiger partial charge is 0.291 e. The van der Waals surface area contributed by atoms with E-state index in [1.54, 1.807) is 47.4 Å². The van der Waals surface area contributed by atoms with Crippen LogP contribution in [0.3, 0.4) is 0 Å². The third-order valence-electron chi connectivity index (χ3n) is 7.60. The Bertz CT molecular complexity index is 1660. The highest BCUT2D eigenvalue weighted by Crippen LogP contribution is 2.51. The number of hydrogen-bond acceptors (Lipinski definition) is 5. The summed E-state index contributed by atoms with van der Waals surface area (Å²) in [6.45, 7) is 0. The standard InChI is InChI=1S/C29H23F2N3O3S/c30-21-5-9-23(10-6-21)34-27-15-20-4-11-25(38(36,37)24-12-7-22(31)8-13-24)17-29(20,16-19(27)18-33-34)28(35)26-3-1-2-14-32-26/h1-3,5-10,12-15,18,25H,4,11,16-17H2/t25-,29-/m0/s1. The molecule has 2 aliphatic rings. The van der Waals surface area contributed by atoms with Gasteiger partial charge in [-0.05, 0) is 98.0 Å². The maximum atomic E-state index is 14.1. The van der Waals surface area contributed by atoms with E-state index in [0.717, 1.165) is 29.0 Å². The molecule has 0 saturated heterocycles. The summed E-state index contributed by atoms with van der Waals surface area (Å²) in [6, 6.07) is 15.9. The van der Waals surface area contributed by atoms with Gasteiger partial charge in [-0.3, -0.25) is 9.78 Å². The number of fused-ring (bicyclic) bond motifs is 2. The first kappa shape index (κ1) is 24.4. The Morgan fingerprint density at radius 2 is 1.68 bits per heavy atom. The topological polar surface area (TPSA) is 81.9 Å². The Balaban J connectivity index is 1.45. The summed E-state index contributed by atoms with van der Waals surface area (Å²) in [7, 11) is -3.83. The van der Waals surface area contributed by atoms with Crippen molar-refractivity contribution in [3.63, 3.8) is 0 Å². The van der Waals surface area contributed by atoms with Gasteiger partial charge in [0.05, 0.1) is 33.1 Å². The molecule has 0 aliphatic heterocycles. The molecule has 2 atom stereocenters. The smallest absolute Gasteiger partial charge is 0.191 e. The van der Waals surface area contributed by atoms with Crippen molar-refractivity contribution in [2.75, 3.05) is 0 Å². The lowest BCUT2D eigenvalue weighted by Crippen LogP contribution is -2.45. The number of carbonyl (C=O) groups is 1. The molecule has 0 bridgehead atoms. The molecular formula is C29H23F2N3O3S. The Labute approximate surface area is 218 Å². The number of carbonyl (C=O) groups excluding carboxylic acids is 1. The van der Waals surface area contributed by atoms with Crippen molar-refractivity contribution in [1.82, 2.24) is 14.8 Å². The van der Waals surface area contributed by atoms with Crippen LogP contribution in [0.5, 0.6) is 0 Å². The Morgan fingerprint density at radius 3 is 2.37 bits per heavy atom. The summed E-state index contributed by atoms with van der Waals surface area (Å²) < 4.78 is 56.0. The van der Waals surface area contributed by atoms with Crippen LogP contribution in [0.15, 0.2) is 89.6 Å². The van der Waals surface area contributed by atoms with E-state index < -0.39 is 26.3 Å². The number of ketones is 1. The Kier molecular flexibility index (Phi) is 5.83. The molecule has 9 heteroatoms. The van der Waals surface area contributed by atoms with Crippen LogP contribution in [-0.2, 0) is 16.3 Å². The number of allylic oxidation sites excluding steroid dienone is 1. The summed E-state index contributed by atoms with van der Waals surface area (Å²) >= 11 is 0. The van der Waals surface area contributed by atoms with Crippen LogP contribution in [-0.4, -0.2) is 34.2 Å². The average molecular weight is 532 g/mol. The highest BCUT2D eigenvalue weighted by molar-refractivity contribution is 7.92. The number of halogens is 2. The number of nitrogens with zero attached hydrogens (tertiary/aromatic N) is 3. The van der Waals surface area contributed by atoms with Crippen LogP contribution in [0.25, 0.3) is 11.8 Å². The van der Waals surface area contributed by atoms with Crippen molar-refractivity contribution in [1.29, 1.82) is 0 Å². The quantitative estimate of drug-likeness (QED) is 0.255. The number of aromatic nitrogens is 3. The fourth-order valence-corrected chi connectivity index (χ4v) is 7.51. The molecule has 0 amide bonds. The molecule has 0 radical (unpaired) electrons. The molecule has 38 heavy (non-hydrogen) atoms. The molecule has 1 saturated carbocycles. The van der Waals surface area contributed by atoms with Crippen LogP contribution in [0, 0.1) is 17.0 Å². The molecule has 2 aromatic carbocycles. The fraction of sp³-hybridized carbons (Fsp3) is 0.207. The molecule has 4 aromatic rings. The summed E-state index contributed by atoms with van der Waals surface area (Å²) in [4.78, 5) is 18.4. The maximum Gasteiger partial charge on any atom is 0.191 e. The number of rotatable bonds is 5. The van der Waals surface area contributed by atoms with Gasteiger partial charge in [-0.2, -0.15) is 5.10 Å². The molecule has 2 aromatic heterocycles. The molecule has 0 spiro atoms. The molecule has 2 aliphatic carbocycles. The van der Waals surface area contributed by atoms with Crippen molar-refractivity contribution in [2.24, 2.45) is 5.41 Å². The van der Waals surface area contributed by atoms with Gasteiger partial charge in [0.15, 0.2) is 15.6 Å². The SMILES string of the molecule is O=C(c1ccccn1)[C@]12Cc3cnn(-c4ccc(F)cc4)c3C=C1CC[C@H](S(=O)(=O)c1ccc(F)cc1)C2. The number of benzene rings is 2. The van der Waals surface area contributed by atoms with Crippen molar-refractivity contribution in [3.8, 4) is 5.69 Å². The summed E-state index contributed by atoms with van der Waals surface area (Å²) in [6.07, 6.45) is 6.20. The lowest BCUT2D eigenvalue weighted by molar-refractivity contribution is 0.0796. The monoisotopic (exact) mass is 531 g/mol. The third kappa shape index (κ3) is 3.98. The lowest BCUT2D eigenvalue weighted by Gasteiger charge is -2.43. The van der Waals surface area contributed by atoms with Crippen LogP contribution in [0.4, 0.5) is 8.78 Å². The molecule has 6 rings (SSSR count). The average Bonchev–Trinajstić information content (AvgIpc) is 3.34. The molecule has 0 unspecified atom stereocenters. The van der Waals surface area contributed by atoms with Crippen LogP contribution < -0.4 is 0 Å².